The molecule has 0 heterocycles. The van der Waals surface area contributed by atoms with Gasteiger partial charge < -0.3 is 0 Å². The second-order valence-corrected chi connectivity index (χ2v) is 10.7. The molecular formula is C34H42F2. The third-order valence-corrected chi connectivity index (χ3v) is 8.05. The van der Waals surface area contributed by atoms with Crippen molar-refractivity contribution < 1.29 is 8.78 Å². The zero-order chi connectivity index (χ0) is 25.3. The van der Waals surface area contributed by atoms with Gasteiger partial charge in [0.05, 0.1) is 0 Å². The number of hydrogen-bond donors (Lipinski definition) is 0. The minimum Gasteiger partial charge on any atom is -0.203 e. The molecule has 2 unspecified atom stereocenters. The van der Waals surface area contributed by atoms with Crippen LogP contribution in [0.4, 0.5) is 8.78 Å². The lowest BCUT2D eigenvalue weighted by molar-refractivity contribution is 0.445. The summed E-state index contributed by atoms with van der Waals surface area (Å²) in [6.45, 7) is 4.48. The quantitative estimate of drug-likeness (QED) is 0.292. The van der Waals surface area contributed by atoms with Gasteiger partial charge >= 0.3 is 0 Å². The molecule has 2 aromatic carbocycles. The van der Waals surface area contributed by atoms with Crippen molar-refractivity contribution in [2.45, 2.75) is 90.9 Å². The molecule has 2 heteroatoms. The molecule has 0 amide bonds. The predicted molar refractivity (Wildman–Crippen MR) is 150 cm³/mol. The fraction of sp³-hybridized carbons (Fsp3) is 0.471. The Labute approximate surface area is 217 Å². The highest BCUT2D eigenvalue weighted by atomic mass is 19.2. The molecule has 0 fully saturated rings. The topological polar surface area (TPSA) is 0 Å². The van der Waals surface area contributed by atoms with Crippen molar-refractivity contribution in [3.05, 3.63) is 89.0 Å². The van der Waals surface area contributed by atoms with E-state index in [-0.39, 0.29) is 0 Å². The van der Waals surface area contributed by atoms with Crippen molar-refractivity contribution in [2.24, 2.45) is 11.8 Å². The molecular weight excluding hydrogens is 446 g/mol. The molecule has 0 bridgehead atoms. The van der Waals surface area contributed by atoms with Crippen LogP contribution in [0, 0.1) is 23.5 Å². The normalized spacial score (nSPS) is 20.4. The fourth-order valence-electron chi connectivity index (χ4n) is 5.85. The first-order chi connectivity index (χ1) is 17.6. The number of hydrogen-bond acceptors (Lipinski definition) is 0. The van der Waals surface area contributed by atoms with Crippen molar-refractivity contribution >= 4 is 5.57 Å². The molecule has 0 aliphatic heterocycles. The van der Waals surface area contributed by atoms with Crippen LogP contribution in [0.3, 0.4) is 0 Å². The first kappa shape index (κ1) is 26.6. The molecule has 0 aromatic heterocycles. The summed E-state index contributed by atoms with van der Waals surface area (Å²) in [4.78, 5) is 0. The van der Waals surface area contributed by atoms with Crippen LogP contribution in [-0.2, 0) is 6.42 Å². The van der Waals surface area contributed by atoms with Crippen LogP contribution in [0.15, 0.2) is 66.3 Å². The zero-order valence-electron chi connectivity index (χ0n) is 22.2. The summed E-state index contributed by atoms with van der Waals surface area (Å²) >= 11 is 0. The summed E-state index contributed by atoms with van der Waals surface area (Å²) in [7, 11) is 0. The van der Waals surface area contributed by atoms with E-state index in [0.717, 1.165) is 37.2 Å². The Balaban J connectivity index is 1.34. The summed E-state index contributed by atoms with van der Waals surface area (Å²) in [6.07, 6.45) is 22.5. The van der Waals surface area contributed by atoms with Gasteiger partial charge in [-0.3, -0.25) is 0 Å². The lowest BCUT2D eigenvalue weighted by Gasteiger charge is -2.21. The third kappa shape index (κ3) is 6.84. The first-order valence-corrected chi connectivity index (χ1v) is 14.2. The highest BCUT2D eigenvalue weighted by Gasteiger charge is 2.17. The Kier molecular flexibility index (Phi) is 9.73. The van der Waals surface area contributed by atoms with Gasteiger partial charge in [-0.2, -0.15) is 0 Å². The van der Waals surface area contributed by atoms with Crippen LogP contribution in [0.5, 0.6) is 0 Å². The van der Waals surface area contributed by atoms with Crippen LogP contribution in [0.1, 0.15) is 95.6 Å². The van der Waals surface area contributed by atoms with Gasteiger partial charge in [-0.25, -0.2) is 8.78 Å². The van der Waals surface area contributed by atoms with Crippen molar-refractivity contribution in [1.29, 1.82) is 0 Å². The summed E-state index contributed by atoms with van der Waals surface area (Å²) < 4.78 is 29.9. The average Bonchev–Trinajstić information content (AvgIpc) is 2.91. The second kappa shape index (κ2) is 13.2. The molecule has 0 nitrogen and oxygen atoms in total. The highest BCUT2D eigenvalue weighted by molar-refractivity contribution is 5.71. The van der Waals surface area contributed by atoms with Gasteiger partial charge in [0.25, 0.3) is 0 Å². The molecule has 4 rings (SSSR count). The van der Waals surface area contributed by atoms with Crippen LogP contribution < -0.4 is 0 Å². The lowest BCUT2D eigenvalue weighted by atomic mass is 9.84. The van der Waals surface area contributed by atoms with E-state index in [1.807, 2.05) is 12.1 Å². The molecule has 0 radical (unpaired) electrons. The Morgan fingerprint density at radius 1 is 0.806 bits per heavy atom. The van der Waals surface area contributed by atoms with Crippen molar-refractivity contribution in [1.82, 2.24) is 0 Å². The molecule has 0 saturated heterocycles. The van der Waals surface area contributed by atoms with Crippen molar-refractivity contribution in [3.63, 3.8) is 0 Å². The number of allylic oxidation sites excluding steroid dienone is 6. The molecule has 2 aliphatic carbocycles. The molecule has 2 aliphatic rings. The predicted octanol–water partition coefficient (Wildman–Crippen LogP) is 10.6. The van der Waals surface area contributed by atoms with Crippen molar-refractivity contribution in [3.8, 4) is 11.1 Å². The maximum atomic E-state index is 15.0. The average molecular weight is 489 g/mol. The van der Waals surface area contributed by atoms with E-state index in [2.05, 4.69) is 50.3 Å². The van der Waals surface area contributed by atoms with Crippen LogP contribution in [0.25, 0.3) is 16.7 Å². The number of halogens is 2. The van der Waals surface area contributed by atoms with Gasteiger partial charge in [0.15, 0.2) is 11.6 Å². The van der Waals surface area contributed by atoms with Crippen molar-refractivity contribution in [2.75, 3.05) is 0 Å². The SMILES string of the molecule is CCCC1=CCC(/C=C/CCc2ccc(-c3ccc(C4=CCC(CCC)CC4)cc3)c(F)c2F)CC1. The minimum atomic E-state index is -0.732. The Morgan fingerprint density at radius 2 is 1.61 bits per heavy atom. The summed E-state index contributed by atoms with van der Waals surface area (Å²) in [6, 6.07) is 11.5. The fourth-order valence-corrected chi connectivity index (χ4v) is 5.85. The molecule has 192 valence electrons. The van der Waals surface area contributed by atoms with Gasteiger partial charge in [0, 0.05) is 5.56 Å². The van der Waals surface area contributed by atoms with E-state index in [1.54, 1.807) is 17.7 Å². The van der Waals surface area contributed by atoms with Gasteiger partial charge in [-0.1, -0.05) is 99.4 Å². The van der Waals surface area contributed by atoms with Crippen LogP contribution >= 0.6 is 0 Å². The maximum Gasteiger partial charge on any atom is 0.166 e. The Morgan fingerprint density at radius 3 is 2.28 bits per heavy atom. The first-order valence-electron chi connectivity index (χ1n) is 14.2. The molecule has 0 N–H and O–H groups in total. The Bertz CT molecular complexity index is 1090. The van der Waals surface area contributed by atoms with Gasteiger partial charge in [-0.15, -0.1) is 0 Å². The highest BCUT2D eigenvalue weighted by Crippen LogP contribution is 2.34. The van der Waals surface area contributed by atoms with Gasteiger partial charge in [0.1, 0.15) is 0 Å². The van der Waals surface area contributed by atoms with Crippen LogP contribution in [0.2, 0.25) is 0 Å². The molecule has 2 atom stereocenters. The van der Waals surface area contributed by atoms with E-state index in [9.17, 15) is 4.39 Å². The zero-order valence-corrected chi connectivity index (χ0v) is 22.2. The third-order valence-electron chi connectivity index (χ3n) is 8.05. The number of aryl methyl sites for hydroxylation is 1. The van der Waals surface area contributed by atoms with Crippen LogP contribution in [-0.4, -0.2) is 0 Å². The minimum absolute atomic E-state index is 0.343. The largest absolute Gasteiger partial charge is 0.203 e. The van der Waals surface area contributed by atoms with E-state index in [1.165, 1.54) is 56.1 Å². The smallest absolute Gasteiger partial charge is 0.166 e. The van der Waals surface area contributed by atoms with E-state index in [4.69, 9.17) is 0 Å². The monoisotopic (exact) mass is 488 g/mol. The maximum absolute atomic E-state index is 15.0. The molecule has 0 spiro atoms. The second-order valence-electron chi connectivity index (χ2n) is 10.7. The van der Waals surface area contributed by atoms with E-state index >= 15 is 4.39 Å². The summed E-state index contributed by atoms with van der Waals surface area (Å²) in [5.74, 6) is -0.0388. The molecule has 36 heavy (non-hydrogen) atoms. The Hall–Kier alpha value is -2.48. The molecule has 0 saturated carbocycles. The number of benzene rings is 2. The lowest BCUT2D eigenvalue weighted by Crippen LogP contribution is -2.05. The van der Waals surface area contributed by atoms with E-state index < -0.39 is 11.6 Å². The summed E-state index contributed by atoms with van der Waals surface area (Å²) in [5, 5.41) is 0. The standard InChI is InChI=1S/C34H42F2/c1-3-7-25-11-13-27(14-12-25)9-5-6-10-31-23-24-32(34(36)33(31)35)30-21-19-29(20-22-30)28-17-15-26(8-4-2)16-18-28/h5,9,11,17,19-24,26-27H,3-4,6-8,10,12-16,18H2,1-2H3/b9-5+. The number of rotatable bonds is 10. The van der Waals surface area contributed by atoms with E-state index in [0.29, 0.717) is 23.5 Å². The van der Waals surface area contributed by atoms with Gasteiger partial charge in [0.2, 0.25) is 0 Å². The summed E-state index contributed by atoms with van der Waals surface area (Å²) in [5.41, 5.74) is 5.72. The molecule has 2 aromatic rings. The van der Waals surface area contributed by atoms with Gasteiger partial charge in [-0.05, 0) is 91.9 Å².